The van der Waals surface area contributed by atoms with Gasteiger partial charge in [0.05, 0.1) is 13.2 Å². The van der Waals surface area contributed by atoms with Gasteiger partial charge in [-0.3, -0.25) is 9.59 Å². The van der Waals surface area contributed by atoms with Crippen molar-refractivity contribution in [2.24, 2.45) is 0 Å². The van der Waals surface area contributed by atoms with Crippen LogP contribution >= 0.6 is 11.6 Å². The fraction of sp³-hybridized carbons (Fsp3) is 0.333. The van der Waals surface area contributed by atoms with E-state index in [1.54, 1.807) is 27.8 Å². The van der Waals surface area contributed by atoms with E-state index in [0.29, 0.717) is 37.7 Å². The Balaban J connectivity index is 1.60. The molecular formula is C18H19ClN2O3. The largest absolute Gasteiger partial charge is 0.370 e. The fourth-order valence-corrected chi connectivity index (χ4v) is 2.90. The molecule has 2 aromatic rings. The van der Waals surface area contributed by atoms with Crippen molar-refractivity contribution in [3.8, 4) is 0 Å². The van der Waals surface area contributed by atoms with Crippen LogP contribution in [-0.2, 0) is 16.1 Å². The van der Waals surface area contributed by atoms with Gasteiger partial charge in [-0.2, -0.15) is 0 Å². The number of amides is 1. The maximum Gasteiger partial charge on any atom is 0.250 e. The molecule has 24 heavy (non-hydrogen) atoms. The molecule has 1 aromatic heterocycles. The summed E-state index contributed by atoms with van der Waals surface area (Å²) in [5, 5.41) is 0.677. The molecule has 1 aliphatic rings. The zero-order valence-corrected chi connectivity index (χ0v) is 14.0. The molecule has 1 fully saturated rings. The van der Waals surface area contributed by atoms with Crippen molar-refractivity contribution >= 4 is 17.5 Å². The summed E-state index contributed by atoms with van der Waals surface area (Å²) in [5.41, 5.74) is 0.919. The van der Waals surface area contributed by atoms with Crippen molar-refractivity contribution in [2.45, 2.75) is 19.1 Å². The van der Waals surface area contributed by atoms with Crippen LogP contribution in [0.25, 0.3) is 0 Å². The number of hydrogen-bond donors (Lipinski definition) is 0. The highest BCUT2D eigenvalue weighted by Gasteiger charge is 2.25. The fourth-order valence-electron chi connectivity index (χ4n) is 2.77. The Morgan fingerprint density at radius 3 is 2.75 bits per heavy atom. The number of halogens is 1. The van der Waals surface area contributed by atoms with Gasteiger partial charge < -0.3 is 14.2 Å². The number of morpholine rings is 1. The van der Waals surface area contributed by atoms with E-state index in [-0.39, 0.29) is 17.6 Å². The topological polar surface area (TPSA) is 51.5 Å². The number of carbonyl (C=O) groups is 1. The highest BCUT2D eigenvalue weighted by Crippen LogP contribution is 2.24. The third-order valence-corrected chi connectivity index (χ3v) is 4.38. The summed E-state index contributed by atoms with van der Waals surface area (Å²) < 4.78 is 7.32. The van der Waals surface area contributed by atoms with Crippen molar-refractivity contribution in [3.05, 3.63) is 69.6 Å². The van der Waals surface area contributed by atoms with Crippen LogP contribution in [0.15, 0.2) is 53.5 Å². The highest BCUT2D eigenvalue weighted by molar-refractivity contribution is 6.30. The third kappa shape index (κ3) is 4.04. The first-order valence-corrected chi connectivity index (χ1v) is 8.31. The summed E-state index contributed by atoms with van der Waals surface area (Å²) in [5.74, 6) is 0.0352. The molecule has 0 bridgehead atoms. The minimum Gasteiger partial charge on any atom is -0.370 e. The van der Waals surface area contributed by atoms with Crippen LogP contribution < -0.4 is 5.56 Å². The first-order chi connectivity index (χ1) is 11.6. The van der Waals surface area contributed by atoms with Crippen LogP contribution in [0.5, 0.6) is 0 Å². The highest BCUT2D eigenvalue weighted by atomic mass is 35.5. The normalized spacial score (nSPS) is 17.7. The Morgan fingerprint density at radius 2 is 2.00 bits per heavy atom. The minimum absolute atomic E-state index is 0.0352. The van der Waals surface area contributed by atoms with Crippen molar-refractivity contribution in [1.29, 1.82) is 0 Å². The molecular weight excluding hydrogens is 328 g/mol. The number of rotatable bonds is 4. The van der Waals surface area contributed by atoms with E-state index in [4.69, 9.17) is 16.3 Å². The molecule has 5 nitrogen and oxygen atoms in total. The van der Waals surface area contributed by atoms with Crippen molar-refractivity contribution in [2.75, 3.05) is 19.7 Å². The number of carbonyl (C=O) groups excluding carboxylic acids is 1. The molecule has 1 amide bonds. The lowest BCUT2D eigenvalue weighted by atomic mass is 10.1. The standard InChI is InChI=1S/C18H19ClN2O3/c19-15-6-4-14(5-7-15)16-13-21(11-12-24-16)18(23)8-10-20-9-2-1-3-17(20)22/h1-7,9,16H,8,10-13H2. The van der Waals surface area contributed by atoms with E-state index in [0.717, 1.165) is 5.56 Å². The first-order valence-electron chi connectivity index (χ1n) is 7.94. The average molecular weight is 347 g/mol. The molecule has 1 unspecified atom stereocenters. The molecule has 1 aliphatic heterocycles. The number of benzene rings is 1. The van der Waals surface area contributed by atoms with Crippen molar-refractivity contribution in [1.82, 2.24) is 9.47 Å². The van der Waals surface area contributed by atoms with Crippen LogP contribution in [0.4, 0.5) is 0 Å². The lowest BCUT2D eigenvalue weighted by Crippen LogP contribution is -2.42. The van der Waals surface area contributed by atoms with Gasteiger partial charge in [0.25, 0.3) is 5.56 Å². The Labute approximate surface area is 145 Å². The van der Waals surface area contributed by atoms with E-state index in [1.807, 2.05) is 24.3 Å². The lowest BCUT2D eigenvalue weighted by Gasteiger charge is -2.33. The van der Waals surface area contributed by atoms with E-state index < -0.39 is 0 Å². The lowest BCUT2D eigenvalue weighted by molar-refractivity contribution is -0.139. The molecule has 3 rings (SSSR count). The van der Waals surface area contributed by atoms with Crippen molar-refractivity contribution < 1.29 is 9.53 Å². The zero-order valence-electron chi connectivity index (χ0n) is 13.2. The Morgan fingerprint density at radius 1 is 1.21 bits per heavy atom. The summed E-state index contributed by atoms with van der Waals surface area (Å²) in [4.78, 5) is 25.9. The number of pyridine rings is 1. The van der Waals surface area contributed by atoms with E-state index in [2.05, 4.69) is 0 Å². The second-order valence-electron chi connectivity index (χ2n) is 5.73. The average Bonchev–Trinajstić information content (AvgIpc) is 2.61. The maximum absolute atomic E-state index is 12.4. The predicted molar refractivity (Wildman–Crippen MR) is 92.0 cm³/mol. The van der Waals surface area contributed by atoms with Gasteiger partial charge in [-0.25, -0.2) is 0 Å². The number of ether oxygens (including phenoxy) is 1. The second-order valence-corrected chi connectivity index (χ2v) is 6.17. The molecule has 0 radical (unpaired) electrons. The van der Waals surface area contributed by atoms with E-state index >= 15 is 0 Å². The van der Waals surface area contributed by atoms with E-state index in [1.165, 1.54) is 6.07 Å². The second kappa shape index (κ2) is 7.64. The Hall–Kier alpha value is -2.11. The van der Waals surface area contributed by atoms with Crippen LogP contribution in [0.2, 0.25) is 5.02 Å². The summed E-state index contributed by atoms with van der Waals surface area (Å²) in [6.45, 7) is 1.99. The SMILES string of the molecule is O=C(CCn1ccccc1=O)N1CCOC(c2ccc(Cl)cc2)C1. The van der Waals surface area contributed by atoms with Crippen LogP contribution in [0.1, 0.15) is 18.1 Å². The van der Waals surface area contributed by atoms with Gasteiger partial charge in [-0.1, -0.05) is 29.8 Å². The van der Waals surface area contributed by atoms with Crippen LogP contribution in [0, 0.1) is 0 Å². The monoisotopic (exact) mass is 346 g/mol. The first kappa shape index (κ1) is 16.7. The Kier molecular flexibility index (Phi) is 5.33. The molecule has 0 N–H and O–H groups in total. The third-order valence-electron chi connectivity index (χ3n) is 4.13. The molecule has 2 heterocycles. The number of nitrogens with zero attached hydrogens (tertiary/aromatic N) is 2. The molecule has 0 saturated carbocycles. The zero-order chi connectivity index (χ0) is 16.9. The summed E-state index contributed by atoms with van der Waals surface area (Å²) in [6, 6.07) is 12.5. The summed E-state index contributed by atoms with van der Waals surface area (Å²) in [7, 11) is 0. The minimum atomic E-state index is -0.139. The summed E-state index contributed by atoms with van der Waals surface area (Å²) in [6.07, 6.45) is 1.86. The molecule has 0 aliphatic carbocycles. The maximum atomic E-state index is 12.4. The van der Waals surface area contributed by atoms with Crippen molar-refractivity contribution in [3.63, 3.8) is 0 Å². The van der Waals surface area contributed by atoms with Gasteiger partial charge in [-0.15, -0.1) is 0 Å². The smallest absolute Gasteiger partial charge is 0.250 e. The molecule has 6 heteroatoms. The Bertz CT molecular complexity index is 757. The van der Waals surface area contributed by atoms with Gasteiger partial charge in [0.15, 0.2) is 0 Å². The van der Waals surface area contributed by atoms with Crippen LogP contribution in [0.3, 0.4) is 0 Å². The van der Waals surface area contributed by atoms with Gasteiger partial charge in [0.2, 0.25) is 5.91 Å². The molecule has 1 aromatic carbocycles. The predicted octanol–water partition coefficient (Wildman–Crippen LogP) is 2.49. The number of aromatic nitrogens is 1. The van der Waals surface area contributed by atoms with Gasteiger partial charge in [0, 0.05) is 36.8 Å². The van der Waals surface area contributed by atoms with Gasteiger partial charge in [0.1, 0.15) is 6.10 Å². The molecule has 0 spiro atoms. The van der Waals surface area contributed by atoms with E-state index in [9.17, 15) is 9.59 Å². The quantitative estimate of drug-likeness (QED) is 0.854. The molecule has 1 saturated heterocycles. The molecule has 1 atom stereocenters. The van der Waals surface area contributed by atoms with Crippen LogP contribution in [-0.4, -0.2) is 35.1 Å². The summed E-state index contributed by atoms with van der Waals surface area (Å²) >= 11 is 5.91. The molecule has 126 valence electrons. The van der Waals surface area contributed by atoms with Gasteiger partial charge in [-0.05, 0) is 23.8 Å². The number of hydrogen-bond acceptors (Lipinski definition) is 3. The van der Waals surface area contributed by atoms with Gasteiger partial charge >= 0.3 is 0 Å². The number of aryl methyl sites for hydroxylation is 1.